The average molecular weight is 167 g/mol. The molecule has 1 aromatic rings. The van der Waals surface area contributed by atoms with Crippen LogP contribution in [0.2, 0.25) is 0 Å². The molecule has 0 aliphatic carbocycles. The Labute approximate surface area is 71.7 Å². The van der Waals surface area contributed by atoms with Crippen molar-refractivity contribution >= 4 is 11.5 Å². The molecule has 0 aromatic carbocycles. The van der Waals surface area contributed by atoms with E-state index in [0.717, 1.165) is 12.4 Å². The zero-order valence-corrected chi connectivity index (χ0v) is 7.29. The van der Waals surface area contributed by atoms with Gasteiger partial charge in [-0.15, -0.1) is 0 Å². The number of rotatable bonds is 3. The molecule has 0 unspecified atom stereocenters. The van der Waals surface area contributed by atoms with Crippen LogP contribution in [-0.4, -0.2) is 18.6 Å². The third-order valence-electron chi connectivity index (χ3n) is 1.44. The Balaban J connectivity index is 2.89. The van der Waals surface area contributed by atoms with Crippen LogP contribution in [0.15, 0.2) is 12.1 Å². The fraction of sp³-hybridized carbons (Fsp3) is 0.375. The normalized spacial score (nSPS) is 9.50. The third-order valence-corrected chi connectivity index (χ3v) is 1.44. The van der Waals surface area contributed by atoms with E-state index in [1.807, 2.05) is 13.0 Å². The van der Waals surface area contributed by atoms with Crippen LogP contribution in [0.4, 0.5) is 11.5 Å². The van der Waals surface area contributed by atoms with Crippen LogP contribution in [0.3, 0.4) is 0 Å². The summed E-state index contributed by atoms with van der Waals surface area (Å²) >= 11 is 0. The number of nitrogens with zero attached hydrogens (tertiary/aromatic N) is 1. The molecule has 0 spiro atoms. The number of nitrogens with one attached hydrogen (secondary N) is 1. The van der Waals surface area contributed by atoms with Gasteiger partial charge in [0.15, 0.2) is 0 Å². The molecule has 0 saturated heterocycles. The first kappa shape index (κ1) is 8.64. The van der Waals surface area contributed by atoms with Gasteiger partial charge in [0.25, 0.3) is 0 Å². The lowest BCUT2D eigenvalue weighted by molar-refractivity contribution is 0.401. The lowest BCUT2D eigenvalue weighted by atomic mass is 10.4. The van der Waals surface area contributed by atoms with Crippen molar-refractivity contribution in [1.82, 2.24) is 4.98 Å². The van der Waals surface area contributed by atoms with Crippen LogP contribution in [0, 0.1) is 0 Å². The third kappa shape index (κ3) is 1.78. The van der Waals surface area contributed by atoms with Gasteiger partial charge in [-0.2, -0.15) is 4.98 Å². The number of aromatic nitrogens is 1. The molecule has 0 radical (unpaired) electrons. The predicted molar refractivity (Wildman–Crippen MR) is 49.4 cm³/mol. The van der Waals surface area contributed by atoms with Gasteiger partial charge >= 0.3 is 0 Å². The Morgan fingerprint density at radius 1 is 1.58 bits per heavy atom. The van der Waals surface area contributed by atoms with Crippen molar-refractivity contribution in [3.05, 3.63) is 12.1 Å². The van der Waals surface area contributed by atoms with E-state index < -0.39 is 0 Å². The number of methoxy groups -OCH3 is 1. The smallest absolute Gasteiger partial charge is 0.238 e. The zero-order valence-electron chi connectivity index (χ0n) is 7.29. The van der Waals surface area contributed by atoms with Gasteiger partial charge in [0.2, 0.25) is 5.88 Å². The number of hydrogen-bond acceptors (Lipinski definition) is 4. The molecule has 1 aromatic heterocycles. The number of pyridine rings is 1. The van der Waals surface area contributed by atoms with Crippen LogP contribution in [0.5, 0.6) is 5.88 Å². The molecule has 1 rings (SSSR count). The highest BCUT2D eigenvalue weighted by Gasteiger charge is 2.00. The summed E-state index contributed by atoms with van der Waals surface area (Å²) in [6.45, 7) is 2.84. The molecule has 0 amide bonds. The number of nitrogen functional groups attached to an aromatic ring is 1. The molecule has 0 bridgehead atoms. The molecule has 4 heteroatoms. The summed E-state index contributed by atoms with van der Waals surface area (Å²) in [5, 5.41) is 3.06. The molecule has 0 aliphatic heterocycles. The van der Waals surface area contributed by atoms with Crippen LogP contribution in [0.1, 0.15) is 6.92 Å². The molecule has 0 atom stereocenters. The minimum absolute atomic E-state index is 0.466. The highest BCUT2D eigenvalue weighted by molar-refractivity contribution is 5.53. The molecule has 1 heterocycles. The molecule has 3 N–H and O–H groups in total. The summed E-state index contributed by atoms with van der Waals surface area (Å²) in [6, 6.07) is 3.59. The number of hydrogen-bond donors (Lipinski definition) is 2. The molecule has 12 heavy (non-hydrogen) atoms. The minimum Gasteiger partial charge on any atom is -0.479 e. The summed E-state index contributed by atoms with van der Waals surface area (Å²) in [4.78, 5) is 4.12. The van der Waals surface area contributed by atoms with E-state index >= 15 is 0 Å². The molecular formula is C8H13N3O. The minimum atomic E-state index is 0.466. The maximum atomic E-state index is 5.58. The van der Waals surface area contributed by atoms with Gasteiger partial charge in [-0.05, 0) is 19.1 Å². The second kappa shape index (κ2) is 3.80. The Bertz CT molecular complexity index is 262. The lowest BCUT2D eigenvalue weighted by Crippen LogP contribution is -2.02. The van der Waals surface area contributed by atoms with E-state index in [9.17, 15) is 0 Å². The molecule has 0 aliphatic rings. The Morgan fingerprint density at radius 2 is 2.33 bits per heavy atom. The Kier molecular flexibility index (Phi) is 2.74. The van der Waals surface area contributed by atoms with Gasteiger partial charge in [0.1, 0.15) is 5.82 Å². The van der Waals surface area contributed by atoms with E-state index in [0.29, 0.717) is 11.6 Å². The number of ether oxygens (including phenoxy) is 1. The molecular weight excluding hydrogens is 154 g/mol. The summed E-state index contributed by atoms with van der Waals surface area (Å²) in [5.74, 6) is 1.25. The van der Waals surface area contributed by atoms with Crippen LogP contribution in [0.25, 0.3) is 0 Å². The maximum absolute atomic E-state index is 5.58. The molecule has 4 nitrogen and oxygen atoms in total. The fourth-order valence-electron chi connectivity index (χ4n) is 0.894. The van der Waals surface area contributed by atoms with Crippen molar-refractivity contribution in [2.45, 2.75) is 6.92 Å². The quantitative estimate of drug-likeness (QED) is 0.707. The standard InChI is InChI=1S/C8H13N3O/c1-3-10-7-5-4-6(9)8(11-7)12-2/h4-5H,3,9H2,1-2H3,(H,10,11). The van der Waals surface area contributed by atoms with E-state index in [1.54, 1.807) is 13.2 Å². The van der Waals surface area contributed by atoms with E-state index in [2.05, 4.69) is 10.3 Å². The van der Waals surface area contributed by atoms with Crippen molar-refractivity contribution < 1.29 is 4.74 Å². The van der Waals surface area contributed by atoms with E-state index in [1.165, 1.54) is 0 Å². The Hall–Kier alpha value is -1.45. The van der Waals surface area contributed by atoms with Crippen molar-refractivity contribution in [2.75, 3.05) is 24.7 Å². The maximum Gasteiger partial charge on any atom is 0.238 e. The number of anilines is 2. The van der Waals surface area contributed by atoms with Crippen molar-refractivity contribution in [3.63, 3.8) is 0 Å². The van der Waals surface area contributed by atoms with Crippen molar-refractivity contribution in [3.8, 4) is 5.88 Å². The first-order valence-electron chi connectivity index (χ1n) is 3.82. The zero-order chi connectivity index (χ0) is 8.97. The van der Waals surface area contributed by atoms with Gasteiger partial charge < -0.3 is 15.8 Å². The van der Waals surface area contributed by atoms with Crippen LogP contribution < -0.4 is 15.8 Å². The summed E-state index contributed by atoms with van der Waals surface area (Å²) < 4.78 is 4.96. The van der Waals surface area contributed by atoms with E-state index in [4.69, 9.17) is 10.5 Å². The molecule has 66 valence electrons. The summed E-state index contributed by atoms with van der Waals surface area (Å²) in [7, 11) is 1.55. The molecule has 0 fully saturated rings. The lowest BCUT2D eigenvalue weighted by Gasteiger charge is -2.06. The second-order valence-electron chi connectivity index (χ2n) is 2.33. The van der Waals surface area contributed by atoms with Gasteiger partial charge in [-0.1, -0.05) is 0 Å². The monoisotopic (exact) mass is 167 g/mol. The van der Waals surface area contributed by atoms with Crippen molar-refractivity contribution in [1.29, 1.82) is 0 Å². The van der Waals surface area contributed by atoms with E-state index in [-0.39, 0.29) is 0 Å². The Morgan fingerprint density at radius 3 is 2.92 bits per heavy atom. The largest absolute Gasteiger partial charge is 0.479 e. The highest BCUT2D eigenvalue weighted by atomic mass is 16.5. The van der Waals surface area contributed by atoms with Gasteiger partial charge in [0, 0.05) is 6.54 Å². The van der Waals surface area contributed by atoms with Crippen LogP contribution in [-0.2, 0) is 0 Å². The van der Waals surface area contributed by atoms with Gasteiger partial charge in [-0.25, -0.2) is 0 Å². The summed E-state index contributed by atoms with van der Waals surface area (Å²) in [6.07, 6.45) is 0. The average Bonchev–Trinajstić information content (AvgIpc) is 2.09. The van der Waals surface area contributed by atoms with Gasteiger partial charge in [0.05, 0.1) is 12.8 Å². The SMILES string of the molecule is CCNc1ccc(N)c(OC)n1. The van der Waals surface area contributed by atoms with Crippen LogP contribution >= 0.6 is 0 Å². The molecule has 0 saturated carbocycles. The number of nitrogens with two attached hydrogens (primary N) is 1. The highest BCUT2D eigenvalue weighted by Crippen LogP contribution is 2.19. The predicted octanol–water partition coefficient (Wildman–Crippen LogP) is 1.10. The summed E-state index contributed by atoms with van der Waals surface area (Å²) in [5.41, 5.74) is 6.14. The topological polar surface area (TPSA) is 60.2 Å². The van der Waals surface area contributed by atoms with Crippen molar-refractivity contribution in [2.24, 2.45) is 0 Å². The van der Waals surface area contributed by atoms with Gasteiger partial charge in [-0.3, -0.25) is 0 Å². The second-order valence-corrected chi connectivity index (χ2v) is 2.33. The fourth-order valence-corrected chi connectivity index (χ4v) is 0.894. The first-order chi connectivity index (χ1) is 5.77. The first-order valence-corrected chi connectivity index (χ1v) is 3.82.